The molecule has 0 aromatic carbocycles. The van der Waals surface area contributed by atoms with Crippen molar-refractivity contribution >= 4 is 28.5 Å². The minimum atomic E-state index is -0.0101. The number of aliphatic hydroxyl groups excluding tert-OH is 1. The first-order valence-electron chi connectivity index (χ1n) is 9.38. The first-order valence-corrected chi connectivity index (χ1v) is 11.1. The van der Waals surface area contributed by atoms with Gasteiger partial charge in [0, 0.05) is 60.9 Å². The molecule has 0 saturated carbocycles. The first kappa shape index (κ1) is 18.4. The molecule has 26 heavy (non-hydrogen) atoms. The van der Waals surface area contributed by atoms with Crippen molar-refractivity contribution in [1.29, 1.82) is 0 Å². The Morgan fingerprint density at radius 1 is 1.23 bits per heavy atom. The van der Waals surface area contributed by atoms with Crippen molar-refractivity contribution in [3.63, 3.8) is 0 Å². The highest BCUT2D eigenvalue weighted by Crippen LogP contribution is 2.33. The predicted molar refractivity (Wildman–Crippen MR) is 107 cm³/mol. The van der Waals surface area contributed by atoms with Crippen LogP contribution >= 0.6 is 22.7 Å². The Morgan fingerprint density at radius 2 is 2.04 bits per heavy atom. The van der Waals surface area contributed by atoms with Crippen LogP contribution in [0.4, 0.5) is 5.82 Å². The summed E-state index contributed by atoms with van der Waals surface area (Å²) in [5.41, 5.74) is -0.0101. The van der Waals surface area contributed by atoms with Gasteiger partial charge >= 0.3 is 0 Å². The number of aromatic nitrogens is 1. The summed E-state index contributed by atoms with van der Waals surface area (Å²) in [6.45, 7) is 8.18. The van der Waals surface area contributed by atoms with Gasteiger partial charge in [0.1, 0.15) is 5.82 Å². The Balaban J connectivity index is 1.33. The highest BCUT2D eigenvalue weighted by atomic mass is 32.1. The van der Waals surface area contributed by atoms with Crippen molar-refractivity contribution in [3.8, 4) is 0 Å². The molecule has 0 radical (unpaired) electrons. The minimum absolute atomic E-state index is 0.0101. The molecule has 2 saturated heterocycles. The third kappa shape index (κ3) is 4.12. The number of thiophene rings is 1. The molecule has 2 aromatic rings. The Morgan fingerprint density at radius 3 is 2.77 bits per heavy atom. The maximum Gasteiger partial charge on any atom is 0.140 e. The average molecular weight is 394 g/mol. The molecule has 2 aliphatic heterocycles. The normalized spacial score (nSPS) is 20.8. The van der Waals surface area contributed by atoms with E-state index in [9.17, 15) is 0 Å². The summed E-state index contributed by atoms with van der Waals surface area (Å²) in [5, 5.41) is 12.4. The van der Waals surface area contributed by atoms with Gasteiger partial charge in [-0.3, -0.25) is 4.90 Å². The second-order valence-corrected chi connectivity index (χ2v) is 9.61. The molecule has 1 N–H and O–H groups in total. The average Bonchev–Trinajstić information content (AvgIpc) is 3.27. The molecule has 4 rings (SSSR count). The highest BCUT2D eigenvalue weighted by molar-refractivity contribution is 7.12. The fourth-order valence-corrected chi connectivity index (χ4v) is 5.60. The Hall–Kier alpha value is -0.990. The van der Waals surface area contributed by atoms with Gasteiger partial charge in [0.05, 0.1) is 17.2 Å². The van der Waals surface area contributed by atoms with Crippen LogP contribution < -0.4 is 4.90 Å². The van der Waals surface area contributed by atoms with Crippen LogP contribution in [0.25, 0.3) is 0 Å². The zero-order valence-electron chi connectivity index (χ0n) is 15.3. The molecule has 0 atom stereocenters. The molecule has 1 spiro atoms. The van der Waals surface area contributed by atoms with Crippen LogP contribution in [-0.2, 0) is 17.7 Å². The van der Waals surface area contributed by atoms with Crippen LogP contribution in [-0.4, -0.2) is 60.0 Å². The SMILES string of the molecule is Cc1nc(N2CCOC3(CCN(Cc4ccc(CCO)s4)CC3)C2)cs1. The number of ether oxygens (including phenoxy) is 1. The van der Waals surface area contributed by atoms with E-state index in [0.29, 0.717) is 0 Å². The van der Waals surface area contributed by atoms with E-state index in [2.05, 4.69) is 39.2 Å². The number of rotatable bonds is 5. The lowest BCUT2D eigenvalue weighted by atomic mass is 9.89. The quantitative estimate of drug-likeness (QED) is 0.846. The van der Waals surface area contributed by atoms with Crippen molar-refractivity contribution < 1.29 is 9.84 Å². The third-order valence-electron chi connectivity index (χ3n) is 5.40. The lowest BCUT2D eigenvalue weighted by Crippen LogP contribution is -2.57. The summed E-state index contributed by atoms with van der Waals surface area (Å²) >= 11 is 3.55. The fraction of sp³-hybridized carbons (Fsp3) is 0.632. The molecule has 7 heteroatoms. The summed E-state index contributed by atoms with van der Waals surface area (Å²) in [6.07, 6.45) is 2.94. The number of nitrogens with zero attached hydrogens (tertiary/aromatic N) is 3. The monoisotopic (exact) mass is 393 g/mol. The van der Waals surface area contributed by atoms with Crippen molar-refractivity contribution in [2.24, 2.45) is 0 Å². The Labute approximate surface area is 163 Å². The Bertz CT molecular complexity index is 722. The fourth-order valence-electron chi connectivity index (χ4n) is 3.93. The van der Waals surface area contributed by atoms with E-state index < -0.39 is 0 Å². The van der Waals surface area contributed by atoms with Crippen LogP contribution in [0.3, 0.4) is 0 Å². The molecule has 4 heterocycles. The zero-order chi connectivity index (χ0) is 18.0. The van der Waals surface area contributed by atoms with Gasteiger partial charge in [-0.15, -0.1) is 22.7 Å². The topological polar surface area (TPSA) is 48.8 Å². The van der Waals surface area contributed by atoms with Crippen LogP contribution in [0.2, 0.25) is 0 Å². The van der Waals surface area contributed by atoms with Crippen molar-refractivity contribution in [2.75, 3.05) is 44.3 Å². The molecule has 5 nitrogen and oxygen atoms in total. The van der Waals surface area contributed by atoms with Gasteiger partial charge in [-0.1, -0.05) is 0 Å². The maximum atomic E-state index is 9.07. The third-order valence-corrected chi connectivity index (χ3v) is 7.29. The zero-order valence-corrected chi connectivity index (χ0v) is 16.9. The van der Waals surface area contributed by atoms with Gasteiger partial charge in [-0.2, -0.15) is 0 Å². The number of hydrogen-bond donors (Lipinski definition) is 1. The van der Waals surface area contributed by atoms with E-state index in [1.165, 1.54) is 9.75 Å². The van der Waals surface area contributed by atoms with Gasteiger partial charge in [0.2, 0.25) is 0 Å². The predicted octanol–water partition coefficient (Wildman–Crippen LogP) is 2.92. The van der Waals surface area contributed by atoms with E-state index in [1.54, 1.807) is 11.3 Å². The molecule has 2 aliphatic rings. The van der Waals surface area contributed by atoms with Gasteiger partial charge in [0.25, 0.3) is 0 Å². The number of anilines is 1. The van der Waals surface area contributed by atoms with E-state index in [4.69, 9.17) is 9.84 Å². The highest BCUT2D eigenvalue weighted by Gasteiger charge is 2.40. The molecule has 2 fully saturated rings. The number of thiazole rings is 1. The lowest BCUT2D eigenvalue weighted by Gasteiger charge is -2.47. The molecule has 0 unspecified atom stereocenters. The van der Waals surface area contributed by atoms with Crippen LogP contribution in [0.5, 0.6) is 0 Å². The largest absolute Gasteiger partial charge is 0.396 e. The molecule has 0 bridgehead atoms. The number of piperidine rings is 1. The van der Waals surface area contributed by atoms with E-state index in [1.807, 2.05) is 11.3 Å². The molecule has 0 aliphatic carbocycles. The maximum absolute atomic E-state index is 9.07. The van der Waals surface area contributed by atoms with Crippen LogP contribution in [0.15, 0.2) is 17.5 Å². The van der Waals surface area contributed by atoms with E-state index in [0.717, 1.165) is 69.4 Å². The van der Waals surface area contributed by atoms with Crippen LogP contribution in [0.1, 0.15) is 27.6 Å². The van der Waals surface area contributed by atoms with Crippen LogP contribution in [0, 0.1) is 6.92 Å². The van der Waals surface area contributed by atoms with Crippen molar-refractivity contribution in [2.45, 2.75) is 38.3 Å². The number of aryl methyl sites for hydroxylation is 1. The molecular formula is C19H27N3O2S2. The van der Waals surface area contributed by atoms with Gasteiger partial charge in [-0.25, -0.2) is 4.98 Å². The summed E-state index contributed by atoms with van der Waals surface area (Å²) in [5.74, 6) is 1.12. The van der Waals surface area contributed by atoms with Crippen molar-refractivity contribution in [1.82, 2.24) is 9.88 Å². The van der Waals surface area contributed by atoms with Gasteiger partial charge < -0.3 is 14.7 Å². The van der Waals surface area contributed by atoms with Crippen molar-refractivity contribution in [3.05, 3.63) is 32.3 Å². The molecule has 142 valence electrons. The second kappa shape index (κ2) is 7.94. The Kier molecular flexibility index (Phi) is 5.61. The number of likely N-dealkylation sites (tertiary alicyclic amines) is 1. The smallest absolute Gasteiger partial charge is 0.140 e. The van der Waals surface area contributed by atoms with Gasteiger partial charge in [-0.05, 0) is 31.9 Å². The second-order valence-electron chi connectivity index (χ2n) is 7.30. The number of morpholine rings is 1. The summed E-state index contributed by atoms with van der Waals surface area (Å²) < 4.78 is 6.28. The van der Waals surface area contributed by atoms with E-state index in [-0.39, 0.29) is 12.2 Å². The standard InChI is InChI=1S/C19H27N3O2S2/c1-15-20-18(13-25-15)22-9-11-24-19(14-22)5-7-21(8-6-19)12-17-3-2-16(26-17)4-10-23/h2-3,13,23H,4-12,14H2,1H3. The summed E-state index contributed by atoms with van der Waals surface area (Å²) in [7, 11) is 0. The van der Waals surface area contributed by atoms with Gasteiger partial charge in [0.15, 0.2) is 0 Å². The molecular weight excluding hydrogens is 366 g/mol. The lowest BCUT2D eigenvalue weighted by molar-refractivity contribution is -0.0921. The minimum Gasteiger partial charge on any atom is -0.396 e. The van der Waals surface area contributed by atoms with E-state index >= 15 is 0 Å². The summed E-state index contributed by atoms with van der Waals surface area (Å²) in [6, 6.07) is 4.36. The first-order chi connectivity index (χ1) is 12.7. The number of hydrogen-bond acceptors (Lipinski definition) is 7. The molecule has 2 aromatic heterocycles. The number of aliphatic hydroxyl groups is 1. The molecule has 0 amide bonds. The summed E-state index contributed by atoms with van der Waals surface area (Å²) in [4.78, 5) is 12.3.